The molecule has 33 heavy (non-hydrogen) atoms. The number of benzene rings is 1. The maximum Gasteiger partial charge on any atom is 0.350 e. The molecule has 0 aliphatic rings. The minimum Gasteiger partial charge on any atom is -0.462 e. The maximum atomic E-state index is 13.9. The third-order valence-corrected chi connectivity index (χ3v) is 6.39. The maximum absolute atomic E-state index is 13.9. The molecule has 9 heteroatoms. The van der Waals surface area contributed by atoms with Crippen LogP contribution in [0.2, 0.25) is 0 Å². The van der Waals surface area contributed by atoms with Crippen LogP contribution in [0, 0.1) is 6.92 Å². The van der Waals surface area contributed by atoms with Gasteiger partial charge >= 0.3 is 5.97 Å². The van der Waals surface area contributed by atoms with Crippen LogP contribution in [0.5, 0.6) is 0 Å². The molecule has 0 spiro atoms. The van der Waals surface area contributed by atoms with Gasteiger partial charge in [0.1, 0.15) is 4.88 Å². The number of hydrogen-bond donors (Lipinski definition) is 0. The van der Waals surface area contributed by atoms with Gasteiger partial charge in [0.2, 0.25) is 0 Å². The molecule has 1 amide bonds. The van der Waals surface area contributed by atoms with Crippen molar-refractivity contribution >= 4 is 39.1 Å². The lowest BCUT2D eigenvalue weighted by molar-refractivity contribution is 0.0531. The Morgan fingerprint density at radius 3 is 2.48 bits per heavy atom. The lowest BCUT2D eigenvalue weighted by Gasteiger charge is -2.21. The highest BCUT2D eigenvalue weighted by molar-refractivity contribution is 7.17. The number of unbranched alkanes of at least 4 members (excludes halogenated alkanes) is 2. The number of nitrogens with zero attached hydrogens (tertiary/aromatic N) is 4. The molecule has 8 nitrogen and oxygen atoms in total. The fraction of sp³-hybridized carbons (Fsp3) is 0.458. The average Bonchev–Trinajstić information content (AvgIpc) is 3.18. The third kappa shape index (κ3) is 5.13. The summed E-state index contributed by atoms with van der Waals surface area (Å²) < 4.78 is 6.48. The van der Waals surface area contributed by atoms with Crippen LogP contribution < -0.4 is 10.5 Å². The average molecular weight is 471 g/mol. The van der Waals surface area contributed by atoms with E-state index in [2.05, 4.69) is 17.0 Å². The SMILES string of the molecule is CCCCCN(C(=O)c1nn(C(C)C)c(=O)c2ccccc12)c1nc(C)c(C(=O)OCC)s1. The van der Waals surface area contributed by atoms with Crippen molar-refractivity contribution in [1.82, 2.24) is 14.8 Å². The van der Waals surface area contributed by atoms with Gasteiger partial charge < -0.3 is 4.74 Å². The first-order valence-electron chi connectivity index (χ1n) is 11.3. The van der Waals surface area contributed by atoms with Gasteiger partial charge in [0, 0.05) is 11.9 Å². The third-order valence-electron chi connectivity index (χ3n) is 5.23. The van der Waals surface area contributed by atoms with Gasteiger partial charge in [0.15, 0.2) is 10.8 Å². The van der Waals surface area contributed by atoms with Gasteiger partial charge in [0.05, 0.1) is 23.7 Å². The number of ether oxygens (including phenoxy) is 1. The zero-order valence-corrected chi connectivity index (χ0v) is 20.6. The number of carbonyl (C=O) groups is 2. The number of aryl methyl sites for hydroxylation is 1. The largest absolute Gasteiger partial charge is 0.462 e. The quantitative estimate of drug-likeness (QED) is 0.331. The molecule has 176 valence electrons. The van der Waals surface area contributed by atoms with Crippen LogP contribution >= 0.6 is 11.3 Å². The first-order chi connectivity index (χ1) is 15.8. The summed E-state index contributed by atoms with van der Waals surface area (Å²) in [6, 6.07) is 6.80. The summed E-state index contributed by atoms with van der Waals surface area (Å²) in [4.78, 5) is 45.5. The number of carbonyl (C=O) groups excluding carboxylic acids is 2. The number of anilines is 1. The minimum atomic E-state index is -0.448. The van der Waals surface area contributed by atoms with Gasteiger partial charge in [-0.2, -0.15) is 5.10 Å². The summed E-state index contributed by atoms with van der Waals surface area (Å²) in [6.07, 6.45) is 2.71. The van der Waals surface area contributed by atoms with Gasteiger partial charge in [-0.25, -0.2) is 14.5 Å². The van der Waals surface area contributed by atoms with Crippen LogP contribution in [0.3, 0.4) is 0 Å². The molecule has 0 atom stereocenters. The summed E-state index contributed by atoms with van der Waals surface area (Å²) in [5.41, 5.74) is 0.483. The Kier molecular flexibility index (Phi) is 7.97. The number of esters is 1. The highest BCUT2D eigenvalue weighted by atomic mass is 32.1. The van der Waals surface area contributed by atoms with E-state index in [0.717, 1.165) is 30.6 Å². The Morgan fingerprint density at radius 2 is 1.85 bits per heavy atom. The highest BCUT2D eigenvalue weighted by Gasteiger charge is 2.28. The molecule has 3 aromatic rings. The second-order valence-electron chi connectivity index (χ2n) is 8.03. The van der Waals surface area contributed by atoms with E-state index < -0.39 is 5.97 Å². The number of hydrogen-bond acceptors (Lipinski definition) is 7. The number of fused-ring (bicyclic) bond motifs is 1. The molecule has 0 bridgehead atoms. The van der Waals surface area contributed by atoms with E-state index in [4.69, 9.17) is 4.74 Å². The van der Waals surface area contributed by atoms with Crippen molar-refractivity contribution in [3.8, 4) is 0 Å². The first-order valence-corrected chi connectivity index (χ1v) is 12.1. The lowest BCUT2D eigenvalue weighted by atomic mass is 10.1. The Balaban J connectivity index is 2.13. The second-order valence-corrected chi connectivity index (χ2v) is 9.01. The normalized spacial score (nSPS) is 11.2. The van der Waals surface area contributed by atoms with Gasteiger partial charge in [-0.3, -0.25) is 14.5 Å². The summed E-state index contributed by atoms with van der Waals surface area (Å²) in [5.74, 6) is -0.794. The summed E-state index contributed by atoms with van der Waals surface area (Å²) >= 11 is 1.14. The number of amides is 1. The van der Waals surface area contributed by atoms with E-state index in [1.165, 1.54) is 4.68 Å². The molecule has 0 saturated heterocycles. The summed E-state index contributed by atoms with van der Waals surface area (Å²) in [5, 5.41) is 5.84. The first kappa shape index (κ1) is 24.6. The van der Waals surface area contributed by atoms with Crippen molar-refractivity contribution in [2.24, 2.45) is 0 Å². The van der Waals surface area contributed by atoms with Gasteiger partial charge in [-0.1, -0.05) is 49.3 Å². The van der Waals surface area contributed by atoms with E-state index in [1.807, 2.05) is 13.8 Å². The molecule has 2 heterocycles. The molecular formula is C24H30N4O4S. The molecular weight excluding hydrogens is 440 g/mol. The van der Waals surface area contributed by atoms with E-state index in [0.29, 0.717) is 33.0 Å². The van der Waals surface area contributed by atoms with Gasteiger partial charge in [-0.05, 0) is 40.2 Å². The lowest BCUT2D eigenvalue weighted by Crippen LogP contribution is -2.35. The Hall–Kier alpha value is -3.07. The van der Waals surface area contributed by atoms with Gasteiger partial charge in [-0.15, -0.1) is 0 Å². The van der Waals surface area contributed by atoms with Crippen LogP contribution in [-0.2, 0) is 4.74 Å². The van der Waals surface area contributed by atoms with Crippen molar-refractivity contribution in [1.29, 1.82) is 0 Å². The molecule has 0 unspecified atom stereocenters. The zero-order chi connectivity index (χ0) is 24.1. The van der Waals surface area contributed by atoms with Crippen LogP contribution in [0.25, 0.3) is 10.8 Å². The summed E-state index contributed by atoms with van der Waals surface area (Å²) in [7, 11) is 0. The molecule has 0 N–H and O–H groups in total. The van der Waals surface area contributed by atoms with Crippen LogP contribution in [0.15, 0.2) is 29.1 Å². The number of rotatable bonds is 9. The van der Waals surface area contributed by atoms with E-state index in [-0.39, 0.29) is 29.8 Å². The van der Waals surface area contributed by atoms with E-state index in [9.17, 15) is 14.4 Å². The molecule has 3 rings (SSSR count). The van der Waals surface area contributed by atoms with Crippen LogP contribution in [-0.4, -0.2) is 39.8 Å². The van der Waals surface area contributed by atoms with Crippen molar-refractivity contribution in [2.75, 3.05) is 18.1 Å². The predicted molar refractivity (Wildman–Crippen MR) is 130 cm³/mol. The van der Waals surface area contributed by atoms with Crippen molar-refractivity contribution in [3.63, 3.8) is 0 Å². The Labute approximate surface area is 197 Å². The van der Waals surface area contributed by atoms with E-state index >= 15 is 0 Å². The second kappa shape index (κ2) is 10.7. The molecule has 0 aliphatic carbocycles. The highest BCUT2D eigenvalue weighted by Crippen LogP contribution is 2.29. The van der Waals surface area contributed by atoms with Crippen molar-refractivity contribution < 1.29 is 14.3 Å². The van der Waals surface area contributed by atoms with E-state index in [1.54, 1.807) is 43.0 Å². The molecule has 0 aliphatic heterocycles. The number of aromatic nitrogens is 3. The molecule has 0 fully saturated rings. The molecule has 1 aromatic carbocycles. The molecule has 0 radical (unpaired) electrons. The van der Waals surface area contributed by atoms with Crippen molar-refractivity contribution in [3.05, 3.63) is 50.9 Å². The minimum absolute atomic E-state index is 0.195. The fourth-order valence-corrected chi connectivity index (χ4v) is 4.52. The zero-order valence-electron chi connectivity index (χ0n) is 19.8. The topological polar surface area (TPSA) is 94.4 Å². The van der Waals surface area contributed by atoms with Crippen LogP contribution in [0.4, 0.5) is 5.13 Å². The Bertz CT molecular complexity index is 1210. The van der Waals surface area contributed by atoms with Crippen molar-refractivity contribution in [2.45, 2.75) is 59.9 Å². The fourth-order valence-electron chi connectivity index (χ4n) is 3.53. The van der Waals surface area contributed by atoms with Crippen LogP contribution in [0.1, 0.15) is 78.9 Å². The monoisotopic (exact) mass is 470 g/mol. The Morgan fingerprint density at radius 1 is 1.15 bits per heavy atom. The summed E-state index contributed by atoms with van der Waals surface area (Å²) in [6.45, 7) is 9.96. The molecule has 0 saturated carbocycles. The van der Waals surface area contributed by atoms with Gasteiger partial charge in [0.25, 0.3) is 11.5 Å². The smallest absolute Gasteiger partial charge is 0.350 e. The predicted octanol–water partition coefficient (Wildman–Crippen LogP) is 4.76. The number of thiazole rings is 1. The standard InChI is InChI=1S/C24H30N4O4S/c1-6-8-11-14-27(24-25-16(5)20(33-24)23(31)32-7-2)22(30)19-17-12-9-10-13-18(17)21(29)28(26-19)15(3)4/h9-10,12-13,15H,6-8,11,14H2,1-5H3. The molecule has 2 aromatic heterocycles.